The number of carbonyl (C=O) groups is 1. The summed E-state index contributed by atoms with van der Waals surface area (Å²) in [6.45, 7) is 8.02. The monoisotopic (exact) mass is 329 g/mol. The van der Waals surface area contributed by atoms with Gasteiger partial charge in [-0.2, -0.15) is 5.10 Å². The number of aromatic nitrogens is 2. The lowest BCUT2D eigenvalue weighted by Crippen LogP contribution is -2.39. The molecule has 2 rings (SSSR count). The molecule has 1 aromatic heterocycles. The maximum Gasteiger partial charge on any atom is 0.224 e. The minimum absolute atomic E-state index is 0.0365. The van der Waals surface area contributed by atoms with Crippen LogP contribution in [0.4, 0.5) is 0 Å². The van der Waals surface area contributed by atoms with Gasteiger partial charge in [-0.25, -0.2) is 4.68 Å². The predicted octanol–water partition coefficient (Wildman–Crippen LogP) is 2.55. The van der Waals surface area contributed by atoms with E-state index in [1.54, 1.807) is 0 Å². The van der Waals surface area contributed by atoms with Gasteiger partial charge < -0.3 is 10.4 Å². The van der Waals surface area contributed by atoms with Crippen molar-refractivity contribution in [3.05, 3.63) is 47.3 Å². The van der Waals surface area contributed by atoms with Gasteiger partial charge in [0.1, 0.15) is 0 Å². The molecule has 0 bridgehead atoms. The summed E-state index contributed by atoms with van der Waals surface area (Å²) in [5, 5.41) is 16.9. The molecule has 1 amide bonds. The maximum absolute atomic E-state index is 12.4. The summed E-state index contributed by atoms with van der Waals surface area (Å²) >= 11 is 0. The molecule has 1 atom stereocenters. The molecule has 0 fully saturated rings. The highest BCUT2D eigenvalue weighted by Gasteiger charge is 2.18. The molecular weight excluding hydrogens is 302 g/mol. The highest BCUT2D eigenvalue weighted by molar-refractivity contribution is 5.79. The molecule has 2 N–H and O–H groups in total. The van der Waals surface area contributed by atoms with Crippen molar-refractivity contribution in [2.24, 2.45) is 5.92 Å². The van der Waals surface area contributed by atoms with E-state index in [1.165, 1.54) is 0 Å². The number of nitrogens with zero attached hydrogens (tertiary/aromatic N) is 2. The fourth-order valence-corrected chi connectivity index (χ4v) is 2.94. The molecule has 24 heavy (non-hydrogen) atoms. The van der Waals surface area contributed by atoms with Crippen molar-refractivity contribution in [2.45, 2.75) is 46.6 Å². The molecule has 1 unspecified atom stereocenters. The topological polar surface area (TPSA) is 67.2 Å². The summed E-state index contributed by atoms with van der Waals surface area (Å²) in [6.07, 6.45) is 1.04. The number of carbonyl (C=O) groups excluding carboxylic acids is 1. The lowest BCUT2D eigenvalue weighted by atomic mass is 10.0. The highest BCUT2D eigenvalue weighted by Crippen LogP contribution is 2.18. The minimum atomic E-state index is -0.192. The number of aliphatic hydroxyl groups is 1. The van der Waals surface area contributed by atoms with Crippen molar-refractivity contribution in [3.63, 3.8) is 0 Å². The minimum Gasteiger partial charge on any atom is -0.394 e. The molecule has 0 saturated heterocycles. The molecule has 0 radical (unpaired) electrons. The van der Waals surface area contributed by atoms with Gasteiger partial charge in [0.15, 0.2) is 0 Å². The Hall–Kier alpha value is -2.14. The van der Waals surface area contributed by atoms with E-state index in [0.29, 0.717) is 5.92 Å². The van der Waals surface area contributed by atoms with E-state index in [2.05, 4.69) is 24.3 Å². The number of rotatable bonds is 7. The summed E-state index contributed by atoms with van der Waals surface area (Å²) in [6, 6.07) is 9.70. The van der Waals surface area contributed by atoms with Crippen molar-refractivity contribution in [3.8, 4) is 5.69 Å². The van der Waals surface area contributed by atoms with Crippen LogP contribution in [0, 0.1) is 19.8 Å². The van der Waals surface area contributed by atoms with Crippen molar-refractivity contribution >= 4 is 5.91 Å². The van der Waals surface area contributed by atoms with Crippen LogP contribution in [0.5, 0.6) is 0 Å². The molecule has 0 aliphatic carbocycles. The third-order valence-corrected chi connectivity index (χ3v) is 4.12. The number of hydrogen-bond donors (Lipinski definition) is 2. The van der Waals surface area contributed by atoms with Crippen LogP contribution in [0.15, 0.2) is 30.3 Å². The van der Waals surface area contributed by atoms with E-state index >= 15 is 0 Å². The van der Waals surface area contributed by atoms with Gasteiger partial charge in [-0.3, -0.25) is 4.79 Å². The molecule has 2 aromatic rings. The fourth-order valence-electron chi connectivity index (χ4n) is 2.94. The van der Waals surface area contributed by atoms with Crippen LogP contribution in [-0.2, 0) is 11.2 Å². The standard InChI is InChI=1S/C19H27N3O2/c1-13(2)10-16(12-23)20-19(24)11-18-14(3)21-22(15(18)4)17-8-6-5-7-9-17/h5-9,13,16,23H,10-12H2,1-4H3,(H,20,24). The number of amides is 1. The Balaban J connectivity index is 2.13. The molecule has 0 aliphatic rings. The van der Waals surface area contributed by atoms with E-state index in [0.717, 1.165) is 29.1 Å². The molecule has 130 valence electrons. The number of para-hydroxylation sites is 1. The molecule has 5 heteroatoms. The predicted molar refractivity (Wildman–Crippen MR) is 95.2 cm³/mol. The average Bonchev–Trinajstić information content (AvgIpc) is 2.82. The Labute approximate surface area is 143 Å². The van der Waals surface area contributed by atoms with Crippen LogP contribution in [-0.4, -0.2) is 33.4 Å². The van der Waals surface area contributed by atoms with Gasteiger partial charge in [0.25, 0.3) is 0 Å². The van der Waals surface area contributed by atoms with Crippen molar-refractivity contribution in [1.29, 1.82) is 0 Å². The summed E-state index contributed by atoms with van der Waals surface area (Å²) in [4.78, 5) is 12.4. The third-order valence-electron chi connectivity index (χ3n) is 4.12. The van der Waals surface area contributed by atoms with Crippen molar-refractivity contribution in [1.82, 2.24) is 15.1 Å². The Morgan fingerprint density at radius 2 is 1.92 bits per heavy atom. The van der Waals surface area contributed by atoms with Crippen LogP contribution in [0.2, 0.25) is 0 Å². The molecule has 0 spiro atoms. The number of nitrogens with one attached hydrogen (secondary N) is 1. The first-order chi connectivity index (χ1) is 11.4. The van der Waals surface area contributed by atoms with Crippen LogP contribution in [0.3, 0.4) is 0 Å². The summed E-state index contributed by atoms with van der Waals surface area (Å²) in [5.41, 5.74) is 3.75. The average molecular weight is 329 g/mol. The van der Waals surface area contributed by atoms with Gasteiger partial charge >= 0.3 is 0 Å². The molecule has 5 nitrogen and oxygen atoms in total. The third kappa shape index (κ3) is 4.45. The highest BCUT2D eigenvalue weighted by atomic mass is 16.3. The Kier molecular flexibility index (Phi) is 6.15. The van der Waals surface area contributed by atoms with Gasteiger partial charge in [-0.05, 0) is 38.3 Å². The Morgan fingerprint density at radius 1 is 1.25 bits per heavy atom. The molecule has 0 aliphatic heterocycles. The summed E-state index contributed by atoms with van der Waals surface area (Å²) < 4.78 is 1.87. The SMILES string of the molecule is Cc1nn(-c2ccccc2)c(C)c1CC(=O)NC(CO)CC(C)C. The van der Waals surface area contributed by atoms with Gasteiger partial charge in [-0.15, -0.1) is 0 Å². The second kappa shape index (κ2) is 8.11. The van der Waals surface area contributed by atoms with Crippen molar-refractivity contribution in [2.75, 3.05) is 6.61 Å². The second-order valence-electron chi connectivity index (χ2n) is 6.65. The van der Waals surface area contributed by atoms with Crippen molar-refractivity contribution < 1.29 is 9.90 Å². The summed E-state index contributed by atoms with van der Waals surface area (Å²) in [5.74, 6) is 0.347. The first kappa shape index (κ1) is 18.2. The molecule has 1 heterocycles. The van der Waals surface area contributed by atoms with Gasteiger partial charge in [0.2, 0.25) is 5.91 Å². The van der Waals surface area contributed by atoms with Gasteiger partial charge in [-0.1, -0.05) is 32.0 Å². The van der Waals surface area contributed by atoms with E-state index in [9.17, 15) is 9.90 Å². The van der Waals surface area contributed by atoms with Crippen LogP contribution in [0.25, 0.3) is 5.69 Å². The molecule has 1 aromatic carbocycles. The van der Waals surface area contributed by atoms with Gasteiger partial charge in [0.05, 0.1) is 30.5 Å². The molecular formula is C19H27N3O2. The molecule has 0 saturated carbocycles. The van der Waals surface area contributed by atoms with Crippen LogP contribution >= 0.6 is 0 Å². The zero-order valence-electron chi connectivity index (χ0n) is 14.9. The Bertz CT molecular complexity index is 677. The first-order valence-electron chi connectivity index (χ1n) is 8.43. The van der Waals surface area contributed by atoms with Crippen LogP contribution in [0.1, 0.15) is 37.2 Å². The zero-order valence-corrected chi connectivity index (χ0v) is 14.9. The second-order valence-corrected chi connectivity index (χ2v) is 6.65. The fraction of sp³-hybridized carbons (Fsp3) is 0.474. The van der Waals surface area contributed by atoms with E-state index in [-0.39, 0.29) is 25.0 Å². The van der Waals surface area contributed by atoms with Crippen LogP contribution < -0.4 is 5.32 Å². The van der Waals surface area contributed by atoms with E-state index in [4.69, 9.17) is 0 Å². The Morgan fingerprint density at radius 3 is 2.50 bits per heavy atom. The smallest absolute Gasteiger partial charge is 0.224 e. The number of hydrogen-bond acceptors (Lipinski definition) is 3. The van der Waals surface area contributed by atoms with E-state index < -0.39 is 0 Å². The number of aliphatic hydroxyl groups excluding tert-OH is 1. The largest absolute Gasteiger partial charge is 0.394 e. The number of benzene rings is 1. The maximum atomic E-state index is 12.4. The lowest BCUT2D eigenvalue weighted by molar-refractivity contribution is -0.121. The van der Waals surface area contributed by atoms with Gasteiger partial charge in [0, 0.05) is 11.3 Å². The quantitative estimate of drug-likeness (QED) is 0.820. The first-order valence-corrected chi connectivity index (χ1v) is 8.43. The lowest BCUT2D eigenvalue weighted by Gasteiger charge is -2.18. The van der Waals surface area contributed by atoms with E-state index in [1.807, 2.05) is 48.9 Å². The number of aryl methyl sites for hydroxylation is 1. The normalized spacial score (nSPS) is 12.4. The summed E-state index contributed by atoms with van der Waals surface area (Å²) in [7, 11) is 0. The zero-order chi connectivity index (χ0) is 17.7.